The van der Waals surface area contributed by atoms with Gasteiger partial charge in [-0.25, -0.2) is 9.44 Å². The Kier molecular flexibility index (Phi) is 3.47. The summed E-state index contributed by atoms with van der Waals surface area (Å²) in [6, 6.07) is 0. The summed E-state index contributed by atoms with van der Waals surface area (Å²) in [6.45, 7) is 1.79. The van der Waals surface area contributed by atoms with E-state index in [0.29, 0.717) is 10.7 Å². The quantitative estimate of drug-likeness (QED) is 0.632. The molecule has 0 aromatic heterocycles. The van der Waals surface area contributed by atoms with Crippen LogP contribution in [-0.4, -0.2) is 25.7 Å². The van der Waals surface area contributed by atoms with Gasteiger partial charge in [-0.1, -0.05) is 6.92 Å². The van der Waals surface area contributed by atoms with Crippen LogP contribution in [0.4, 0.5) is 0 Å². The van der Waals surface area contributed by atoms with E-state index in [1.54, 1.807) is 6.92 Å². The van der Waals surface area contributed by atoms with Gasteiger partial charge in [-0.15, -0.1) is 0 Å². The average molecular weight is 180 g/mol. The highest BCUT2D eigenvalue weighted by molar-refractivity contribution is 7.87. The zero-order chi connectivity index (χ0) is 9.07. The fourth-order valence-electron chi connectivity index (χ4n) is 0.513. The summed E-state index contributed by atoms with van der Waals surface area (Å²) < 4.78 is 21.6. The largest absolute Gasteiger partial charge is 0.300 e. The lowest BCUT2D eigenvalue weighted by atomic mass is 10.3. The van der Waals surface area contributed by atoms with Crippen LogP contribution in [0.3, 0.4) is 0 Å². The molecule has 0 rings (SSSR count). The summed E-state index contributed by atoms with van der Waals surface area (Å²) >= 11 is 0. The van der Waals surface area contributed by atoms with Crippen molar-refractivity contribution >= 4 is 16.1 Å². The van der Waals surface area contributed by atoms with Gasteiger partial charge in [0.1, 0.15) is 0 Å². The SMILES string of the molecule is CCCC(=O)N(C)S(N)(=O)=O. The molecule has 11 heavy (non-hydrogen) atoms. The zero-order valence-corrected chi connectivity index (χ0v) is 7.39. The summed E-state index contributed by atoms with van der Waals surface area (Å²) in [5.41, 5.74) is 0. The molecule has 2 N–H and O–H groups in total. The van der Waals surface area contributed by atoms with Gasteiger partial charge in [0, 0.05) is 13.5 Å². The molecule has 0 unspecified atom stereocenters. The first-order valence-corrected chi connectivity index (χ1v) is 4.69. The molecule has 0 spiro atoms. The molecule has 66 valence electrons. The van der Waals surface area contributed by atoms with E-state index in [0.717, 1.165) is 7.05 Å². The number of rotatable bonds is 3. The molecule has 0 saturated carbocycles. The minimum Gasteiger partial charge on any atom is -0.274 e. The van der Waals surface area contributed by atoms with E-state index in [4.69, 9.17) is 0 Å². The molecule has 0 aromatic rings. The van der Waals surface area contributed by atoms with Crippen LogP contribution in [-0.2, 0) is 15.0 Å². The number of nitrogens with zero attached hydrogens (tertiary/aromatic N) is 1. The second kappa shape index (κ2) is 3.68. The van der Waals surface area contributed by atoms with Crippen molar-refractivity contribution in [2.45, 2.75) is 19.8 Å². The third-order valence-electron chi connectivity index (χ3n) is 1.20. The van der Waals surface area contributed by atoms with Gasteiger partial charge in [0.2, 0.25) is 5.91 Å². The Bertz CT molecular complexity index is 234. The van der Waals surface area contributed by atoms with Crippen molar-refractivity contribution in [3.05, 3.63) is 0 Å². The molecule has 0 heterocycles. The van der Waals surface area contributed by atoms with Crippen molar-refractivity contribution in [2.24, 2.45) is 5.14 Å². The predicted octanol–water partition coefficient (Wildman–Crippen LogP) is -0.552. The molecule has 0 saturated heterocycles. The van der Waals surface area contributed by atoms with Crippen molar-refractivity contribution in [1.29, 1.82) is 0 Å². The van der Waals surface area contributed by atoms with Gasteiger partial charge < -0.3 is 0 Å². The molecule has 0 aliphatic rings. The monoisotopic (exact) mass is 180 g/mol. The van der Waals surface area contributed by atoms with Crippen LogP contribution in [0.25, 0.3) is 0 Å². The molecule has 0 aliphatic heterocycles. The number of hydrogen-bond donors (Lipinski definition) is 1. The molecular weight excluding hydrogens is 168 g/mol. The van der Waals surface area contributed by atoms with Crippen molar-refractivity contribution in [3.8, 4) is 0 Å². The topological polar surface area (TPSA) is 80.5 Å². The summed E-state index contributed by atoms with van der Waals surface area (Å²) in [5, 5.41) is 4.69. The standard InChI is InChI=1S/C5H12N2O3S/c1-3-4-5(8)7(2)11(6,9)10/h3-4H2,1-2H3,(H2,6,9,10). The van der Waals surface area contributed by atoms with E-state index in [-0.39, 0.29) is 6.42 Å². The fourth-order valence-corrected chi connectivity index (χ4v) is 0.888. The van der Waals surface area contributed by atoms with Crippen molar-refractivity contribution in [3.63, 3.8) is 0 Å². The first kappa shape index (κ1) is 10.4. The minimum absolute atomic E-state index is 0.201. The Hall–Kier alpha value is -0.620. The Morgan fingerprint density at radius 1 is 1.55 bits per heavy atom. The summed E-state index contributed by atoms with van der Waals surface area (Å²) in [6.07, 6.45) is 0.811. The third kappa shape index (κ3) is 3.33. The van der Waals surface area contributed by atoms with Crippen molar-refractivity contribution in [1.82, 2.24) is 4.31 Å². The normalized spacial score (nSPS) is 11.2. The number of nitrogens with two attached hydrogens (primary N) is 1. The van der Waals surface area contributed by atoms with E-state index in [9.17, 15) is 13.2 Å². The van der Waals surface area contributed by atoms with E-state index in [2.05, 4.69) is 5.14 Å². The van der Waals surface area contributed by atoms with Gasteiger partial charge in [0.15, 0.2) is 0 Å². The minimum atomic E-state index is -3.84. The lowest BCUT2D eigenvalue weighted by Crippen LogP contribution is -2.37. The third-order valence-corrected chi connectivity index (χ3v) is 2.16. The van der Waals surface area contributed by atoms with Gasteiger partial charge in [0.25, 0.3) is 0 Å². The van der Waals surface area contributed by atoms with Gasteiger partial charge in [0.05, 0.1) is 0 Å². The van der Waals surface area contributed by atoms with Gasteiger partial charge in [-0.3, -0.25) is 4.79 Å². The van der Waals surface area contributed by atoms with E-state index < -0.39 is 16.1 Å². The average Bonchev–Trinajstić information content (AvgIpc) is 1.85. The van der Waals surface area contributed by atoms with Crippen LogP contribution in [0.15, 0.2) is 0 Å². The van der Waals surface area contributed by atoms with Crippen molar-refractivity contribution < 1.29 is 13.2 Å². The van der Waals surface area contributed by atoms with E-state index in [1.807, 2.05) is 0 Å². The van der Waals surface area contributed by atoms with Crippen LogP contribution >= 0.6 is 0 Å². The van der Waals surface area contributed by atoms with Gasteiger partial charge >= 0.3 is 10.2 Å². The molecule has 0 aliphatic carbocycles. The lowest BCUT2D eigenvalue weighted by molar-refractivity contribution is -0.125. The fraction of sp³-hybridized carbons (Fsp3) is 0.800. The van der Waals surface area contributed by atoms with Gasteiger partial charge in [-0.2, -0.15) is 8.42 Å². The lowest BCUT2D eigenvalue weighted by Gasteiger charge is -2.12. The maximum Gasteiger partial charge on any atom is 0.300 e. The van der Waals surface area contributed by atoms with Crippen LogP contribution in [0.5, 0.6) is 0 Å². The highest BCUT2D eigenvalue weighted by Gasteiger charge is 2.16. The Morgan fingerprint density at radius 3 is 2.27 bits per heavy atom. The van der Waals surface area contributed by atoms with E-state index >= 15 is 0 Å². The first-order valence-electron chi connectivity index (χ1n) is 3.19. The number of hydrogen-bond acceptors (Lipinski definition) is 3. The Labute approximate surface area is 66.4 Å². The molecule has 6 heteroatoms. The first-order chi connectivity index (χ1) is 4.89. The molecule has 0 aromatic carbocycles. The maximum atomic E-state index is 10.9. The molecule has 0 fully saturated rings. The molecule has 0 radical (unpaired) electrons. The smallest absolute Gasteiger partial charge is 0.274 e. The summed E-state index contributed by atoms with van der Waals surface area (Å²) in [5.74, 6) is -0.477. The second-order valence-corrected chi connectivity index (χ2v) is 3.73. The number of carbonyl (C=O) groups is 1. The predicted molar refractivity (Wildman–Crippen MR) is 40.8 cm³/mol. The van der Waals surface area contributed by atoms with Crippen LogP contribution in [0.2, 0.25) is 0 Å². The Balaban J connectivity index is 4.27. The summed E-state index contributed by atoms with van der Waals surface area (Å²) in [7, 11) is -2.69. The zero-order valence-electron chi connectivity index (χ0n) is 6.57. The molecule has 1 amide bonds. The number of amides is 1. The van der Waals surface area contributed by atoms with Crippen molar-refractivity contribution in [2.75, 3.05) is 7.05 Å². The molecule has 5 nitrogen and oxygen atoms in total. The second-order valence-electron chi connectivity index (χ2n) is 2.16. The highest BCUT2D eigenvalue weighted by Crippen LogP contribution is 1.97. The molecule has 0 bridgehead atoms. The van der Waals surface area contributed by atoms with Crippen LogP contribution < -0.4 is 5.14 Å². The molecular formula is C5H12N2O3S. The van der Waals surface area contributed by atoms with Crippen LogP contribution in [0.1, 0.15) is 19.8 Å². The Morgan fingerprint density at radius 2 is 2.00 bits per heavy atom. The maximum absolute atomic E-state index is 10.9. The van der Waals surface area contributed by atoms with Gasteiger partial charge in [-0.05, 0) is 6.42 Å². The highest BCUT2D eigenvalue weighted by atomic mass is 32.2. The summed E-state index contributed by atoms with van der Waals surface area (Å²) in [4.78, 5) is 10.9. The van der Waals surface area contributed by atoms with Crippen LogP contribution in [0, 0.1) is 0 Å². The number of carbonyl (C=O) groups excluding carboxylic acids is 1. The van der Waals surface area contributed by atoms with E-state index in [1.165, 1.54) is 0 Å². The molecule has 0 atom stereocenters.